The zero-order chi connectivity index (χ0) is 9.80. The zero-order valence-electron chi connectivity index (χ0n) is 8.58. The Morgan fingerprint density at radius 2 is 2.21 bits per heavy atom. The molecule has 0 aromatic heterocycles. The summed E-state index contributed by atoms with van der Waals surface area (Å²) in [4.78, 5) is 0. The Morgan fingerprint density at radius 3 is 2.86 bits per heavy atom. The van der Waals surface area contributed by atoms with E-state index in [9.17, 15) is 0 Å². The summed E-state index contributed by atoms with van der Waals surface area (Å²) in [6.45, 7) is 1.44. The van der Waals surface area contributed by atoms with Crippen LogP contribution in [0.3, 0.4) is 0 Å². The van der Waals surface area contributed by atoms with E-state index >= 15 is 0 Å². The van der Waals surface area contributed by atoms with Crippen LogP contribution in [-0.4, -0.2) is 25.5 Å². The fourth-order valence-corrected chi connectivity index (χ4v) is 2.13. The number of nitrogens with two attached hydrogens (primary N) is 1. The van der Waals surface area contributed by atoms with Gasteiger partial charge in [-0.1, -0.05) is 11.6 Å². The summed E-state index contributed by atoms with van der Waals surface area (Å²) >= 11 is 0. The quantitative estimate of drug-likeness (QED) is 0.696. The maximum absolute atomic E-state index is 6.03. The van der Waals surface area contributed by atoms with Gasteiger partial charge in [-0.2, -0.15) is 0 Å². The summed E-state index contributed by atoms with van der Waals surface area (Å²) in [5, 5.41) is 0. The largest absolute Gasteiger partial charge is 0.350 e. The first kappa shape index (κ1) is 10.1. The lowest BCUT2D eigenvalue weighted by Crippen LogP contribution is -2.27. The molecule has 1 aliphatic heterocycles. The van der Waals surface area contributed by atoms with Crippen molar-refractivity contribution in [3.05, 3.63) is 11.6 Å². The van der Waals surface area contributed by atoms with Crippen molar-refractivity contribution in [2.24, 2.45) is 5.73 Å². The second-order valence-corrected chi connectivity index (χ2v) is 4.13. The molecule has 0 spiro atoms. The highest BCUT2D eigenvalue weighted by atomic mass is 16.7. The van der Waals surface area contributed by atoms with Gasteiger partial charge in [0.25, 0.3) is 0 Å². The molecule has 1 atom stereocenters. The summed E-state index contributed by atoms with van der Waals surface area (Å²) in [6, 6.07) is 0.197. The van der Waals surface area contributed by atoms with E-state index in [4.69, 9.17) is 15.2 Å². The van der Waals surface area contributed by atoms with Crippen LogP contribution in [0.1, 0.15) is 32.1 Å². The summed E-state index contributed by atoms with van der Waals surface area (Å²) < 4.78 is 10.7. The molecule has 2 aliphatic rings. The van der Waals surface area contributed by atoms with Crippen LogP contribution in [0.2, 0.25) is 0 Å². The second kappa shape index (κ2) is 4.91. The molecule has 0 bridgehead atoms. The van der Waals surface area contributed by atoms with E-state index < -0.39 is 0 Å². The maximum atomic E-state index is 6.03. The zero-order valence-corrected chi connectivity index (χ0v) is 8.58. The third-order valence-corrected chi connectivity index (χ3v) is 2.85. The molecule has 0 aromatic carbocycles. The first-order valence-electron chi connectivity index (χ1n) is 5.51. The van der Waals surface area contributed by atoms with Crippen LogP contribution in [0.15, 0.2) is 11.6 Å². The van der Waals surface area contributed by atoms with Crippen molar-refractivity contribution < 1.29 is 9.47 Å². The van der Waals surface area contributed by atoms with Crippen LogP contribution < -0.4 is 5.73 Å². The number of rotatable bonds is 4. The molecule has 3 nitrogen and oxygen atoms in total. The van der Waals surface area contributed by atoms with Gasteiger partial charge in [-0.3, -0.25) is 0 Å². The molecule has 1 aliphatic carbocycles. The Labute approximate surface area is 85.3 Å². The Hall–Kier alpha value is -0.380. The van der Waals surface area contributed by atoms with E-state index in [1.165, 1.54) is 24.8 Å². The van der Waals surface area contributed by atoms with E-state index in [0.717, 1.165) is 26.1 Å². The lowest BCUT2D eigenvalue weighted by molar-refractivity contribution is -0.0504. The van der Waals surface area contributed by atoms with E-state index in [2.05, 4.69) is 6.08 Å². The average Bonchev–Trinajstić information content (AvgIpc) is 2.76. The monoisotopic (exact) mass is 197 g/mol. The number of allylic oxidation sites excluding steroid dienone is 1. The van der Waals surface area contributed by atoms with Crippen molar-refractivity contribution in [2.75, 3.05) is 13.2 Å². The van der Waals surface area contributed by atoms with Crippen molar-refractivity contribution >= 4 is 0 Å². The highest BCUT2D eigenvalue weighted by Gasteiger charge is 2.20. The first-order valence-corrected chi connectivity index (χ1v) is 5.51. The molecule has 80 valence electrons. The average molecular weight is 197 g/mol. The van der Waals surface area contributed by atoms with Gasteiger partial charge in [0.2, 0.25) is 0 Å². The van der Waals surface area contributed by atoms with Gasteiger partial charge in [0.05, 0.1) is 13.2 Å². The third kappa shape index (κ3) is 2.80. The SMILES string of the molecule is NC(CC1=CCCC1)CC1OCCO1. The van der Waals surface area contributed by atoms with Gasteiger partial charge in [0.1, 0.15) is 0 Å². The summed E-state index contributed by atoms with van der Waals surface area (Å²) in [7, 11) is 0. The summed E-state index contributed by atoms with van der Waals surface area (Å²) in [6.07, 6.45) is 7.90. The fourth-order valence-electron chi connectivity index (χ4n) is 2.13. The molecular weight excluding hydrogens is 178 g/mol. The molecule has 2 N–H and O–H groups in total. The highest BCUT2D eigenvalue weighted by Crippen LogP contribution is 2.23. The fraction of sp³-hybridized carbons (Fsp3) is 0.818. The number of ether oxygens (including phenoxy) is 2. The van der Waals surface area contributed by atoms with Gasteiger partial charge in [-0.15, -0.1) is 0 Å². The van der Waals surface area contributed by atoms with Gasteiger partial charge in [-0.25, -0.2) is 0 Å². The van der Waals surface area contributed by atoms with Gasteiger partial charge < -0.3 is 15.2 Å². The Kier molecular flexibility index (Phi) is 3.56. The van der Waals surface area contributed by atoms with Crippen LogP contribution in [0.25, 0.3) is 0 Å². The topological polar surface area (TPSA) is 44.5 Å². The molecule has 2 rings (SSSR count). The molecule has 14 heavy (non-hydrogen) atoms. The number of hydrogen-bond acceptors (Lipinski definition) is 3. The van der Waals surface area contributed by atoms with Gasteiger partial charge in [0.15, 0.2) is 6.29 Å². The molecule has 0 aromatic rings. The second-order valence-electron chi connectivity index (χ2n) is 4.13. The molecule has 0 amide bonds. The summed E-state index contributed by atoms with van der Waals surface area (Å²) in [5.41, 5.74) is 7.56. The van der Waals surface area contributed by atoms with Crippen LogP contribution in [0.5, 0.6) is 0 Å². The van der Waals surface area contributed by atoms with Crippen molar-refractivity contribution in [3.8, 4) is 0 Å². The van der Waals surface area contributed by atoms with Gasteiger partial charge >= 0.3 is 0 Å². The third-order valence-electron chi connectivity index (χ3n) is 2.85. The smallest absolute Gasteiger partial charge is 0.159 e. The van der Waals surface area contributed by atoms with Crippen molar-refractivity contribution in [1.29, 1.82) is 0 Å². The Morgan fingerprint density at radius 1 is 1.43 bits per heavy atom. The van der Waals surface area contributed by atoms with Crippen molar-refractivity contribution in [1.82, 2.24) is 0 Å². The molecule has 1 heterocycles. The number of hydrogen-bond donors (Lipinski definition) is 1. The molecule has 3 heteroatoms. The Bertz CT molecular complexity index is 209. The van der Waals surface area contributed by atoms with Gasteiger partial charge in [0, 0.05) is 12.5 Å². The van der Waals surface area contributed by atoms with Crippen LogP contribution in [0.4, 0.5) is 0 Å². The molecule has 0 saturated carbocycles. The maximum Gasteiger partial charge on any atom is 0.159 e. The van der Waals surface area contributed by atoms with Gasteiger partial charge in [-0.05, 0) is 25.7 Å². The summed E-state index contributed by atoms with van der Waals surface area (Å²) in [5.74, 6) is 0. The standard InChI is InChI=1S/C11H19NO2/c12-10(7-9-3-1-2-4-9)8-11-13-5-6-14-11/h3,10-11H,1-2,4-8,12H2. The van der Waals surface area contributed by atoms with E-state index in [0.29, 0.717) is 0 Å². The minimum Gasteiger partial charge on any atom is -0.350 e. The highest BCUT2D eigenvalue weighted by molar-refractivity contribution is 5.08. The molecule has 0 radical (unpaired) electrons. The normalized spacial score (nSPS) is 25.4. The van der Waals surface area contributed by atoms with E-state index in [1.807, 2.05) is 0 Å². The predicted octanol–water partition coefficient (Wildman–Crippen LogP) is 1.58. The molecule has 1 fully saturated rings. The molecule has 1 unspecified atom stereocenters. The molecule has 1 saturated heterocycles. The van der Waals surface area contributed by atoms with Crippen molar-refractivity contribution in [2.45, 2.75) is 44.4 Å². The van der Waals surface area contributed by atoms with Crippen molar-refractivity contribution in [3.63, 3.8) is 0 Å². The van der Waals surface area contributed by atoms with E-state index in [-0.39, 0.29) is 12.3 Å². The van der Waals surface area contributed by atoms with Crippen LogP contribution in [0, 0.1) is 0 Å². The predicted molar refractivity (Wildman–Crippen MR) is 54.8 cm³/mol. The lowest BCUT2D eigenvalue weighted by Gasteiger charge is -2.16. The Balaban J connectivity index is 1.69. The first-order chi connectivity index (χ1) is 6.84. The van der Waals surface area contributed by atoms with Crippen LogP contribution in [-0.2, 0) is 9.47 Å². The van der Waals surface area contributed by atoms with Crippen LogP contribution >= 0.6 is 0 Å². The minimum atomic E-state index is -0.0491. The minimum absolute atomic E-state index is 0.0491. The van der Waals surface area contributed by atoms with E-state index in [1.54, 1.807) is 0 Å². The lowest BCUT2D eigenvalue weighted by atomic mass is 10.0. The molecular formula is C11H19NO2.